The topological polar surface area (TPSA) is 79.5 Å². The van der Waals surface area contributed by atoms with E-state index in [9.17, 15) is 9.59 Å². The predicted octanol–water partition coefficient (Wildman–Crippen LogP) is 5.04. The Morgan fingerprint density at radius 1 is 1.03 bits per heavy atom. The van der Waals surface area contributed by atoms with Gasteiger partial charge in [0.15, 0.2) is 5.11 Å². The zero-order valence-electron chi connectivity index (χ0n) is 15.5. The fourth-order valence-corrected chi connectivity index (χ4v) is 3.05. The lowest BCUT2D eigenvalue weighted by Crippen LogP contribution is -2.56. The van der Waals surface area contributed by atoms with Crippen molar-refractivity contribution in [2.45, 2.75) is 16.9 Å². The molecule has 6 nitrogen and oxygen atoms in total. The summed E-state index contributed by atoms with van der Waals surface area (Å²) in [6.45, 7) is 2.02. The molecule has 0 fully saturated rings. The van der Waals surface area contributed by atoms with E-state index >= 15 is 0 Å². The molecule has 0 saturated carbocycles. The molecule has 0 aliphatic rings. The van der Waals surface area contributed by atoms with Crippen LogP contribution in [-0.4, -0.2) is 33.6 Å². The molecule has 2 aromatic rings. The molecular weight excluding hydrogens is 537 g/mol. The second kappa shape index (κ2) is 11.2. The number of anilines is 1. The van der Waals surface area contributed by atoms with Gasteiger partial charge < -0.3 is 20.7 Å². The van der Waals surface area contributed by atoms with Crippen LogP contribution >= 0.6 is 63.0 Å². The Morgan fingerprint density at radius 2 is 1.60 bits per heavy atom. The number of hydrogen-bond donors (Lipinski definition) is 3. The number of halogens is 4. The van der Waals surface area contributed by atoms with Crippen molar-refractivity contribution >= 4 is 85.6 Å². The molecule has 1 atom stereocenters. The Kier molecular flexibility index (Phi) is 9.18. The van der Waals surface area contributed by atoms with E-state index in [0.717, 1.165) is 4.47 Å². The van der Waals surface area contributed by atoms with E-state index in [0.29, 0.717) is 16.8 Å². The quantitative estimate of drug-likeness (QED) is 0.201. The van der Waals surface area contributed by atoms with Gasteiger partial charge in [-0.25, -0.2) is 4.79 Å². The summed E-state index contributed by atoms with van der Waals surface area (Å²) in [5, 5.41) is 8.37. The van der Waals surface area contributed by atoms with E-state index in [4.69, 9.17) is 51.8 Å². The van der Waals surface area contributed by atoms with Gasteiger partial charge in [0.25, 0.3) is 5.91 Å². The number of carbonyl (C=O) groups excluding carboxylic acids is 2. The molecule has 0 bridgehead atoms. The van der Waals surface area contributed by atoms with Crippen molar-refractivity contribution in [3.05, 3.63) is 64.1 Å². The monoisotopic (exact) mass is 551 g/mol. The van der Waals surface area contributed by atoms with Crippen LogP contribution in [0.4, 0.5) is 5.69 Å². The molecule has 0 aromatic heterocycles. The SMILES string of the molecule is CCOC(=O)c1ccc(NC(=S)N[C@@H](NC(=O)c2ccc(Br)cc2)C(Cl)(Cl)Cl)cc1. The van der Waals surface area contributed by atoms with Gasteiger partial charge in [0.1, 0.15) is 6.17 Å². The summed E-state index contributed by atoms with van der Waals surface area (Å²) in [6, 6.07) is 13.1. The smallest absolute Gasteiger partial charge is 0.338 e. The van der Waals surface area contributed by atoms with Crippen molar-refractivity contribution in [1.29, 1.82) is 0 Å². The van der Waals surface area contributed by atoms with Gasteiger partial charge in [-0.05, 0) is 67.7 Å². The average Bonchev–Trinajstić information content (AvgIpc) is 2.68. The van der Waals surface area contributed by atoms with Crippen molar-refractivity contribution in [1.82, 2.24) is 10.6 Å². The molecule has 2 rings (SSSR count). The number of ether oxygens (including phenoxy) is 1. The lowest BCUT2D eigenvalue weighted by atomic mass is 10.2. The second-order valence-electron chi connectivity index (χ2n) is 5.85. The highest BCUT2D eigenvalue weighted by molar-refractivity contribution is 9.10. The van der Waals surface area contributed by atoms with Crippen molar-refractivity contribution in [3.8, 4) is 0 Å². The number of thiocarbonyl (C=S) groups is 1. The Balaban J connectivity index is 2.02. The van der Waals surface area contributed by atoms with Crippen LogP contribution in [0.1, 0.15) is 27.6 Å². The lowest BCUT2D eigenvalue weighted by Gasteiger charge is -2.27. The van der Waals surface area contributed by atoms with E-state index in [-0.39, 0.29) is 11.7 Å². The first kappa shape index (κ1) is 24.7. The third-order valence-corrected chi connectivity index (χ3v) is 5.04. The summed E-state index contributed by atoms with van der Waals surface area (Å²) in [4.78, 5) is 24.2. The number of rotatable bonds is 6. The standard InChI is InChI=1S/C19H17BrCl3N3O3S/c1-2-29-16(28)12-5-9-14(10-6-12)24-18(30)26-17(19(21,22)23)25-15(27)11-3-7-13(20)8-4-11/h3-10,17H,2H2,1H3,(H,25,27)(H2,24,26,30)/t17-/m1/s1. The first-order chi connectivity index (χ1) is 14.1. The number of benzene rings is 2. The van der Waals surface area contributed by atoms with Crippen LogP contribution in [0, 0.1) is 0 Å². The average molecular weight is 554 g/mol. The normalized spacial score (nSPS) is 11.9. The molecular formula is C19H17BrCl3N3O3S. The van der Waals surface area contributed by atoms with Crippen molar-refractivity contribution in [3.63, 3.8) is 0 Å². The summed E-state index contributed by atoms with van der Waals surface area (Å²) in [5.41, 5.74) is 1.37. The number of alkyl halides is 3. The Bertz CT molecular complexity index is 906. The van der Waals surface area contributed by atoms with Gasteiger partial charge in [-0.1, -0.05) is 50.7 Å². The number of hydrogen-bond acceptors (Lipinski definition) is 4. The predicted molar refractivity (Wildman–Crippen MR) is 127 cm³/mol. The van der Waals surface area contributed by atoms with Gasteiger partial charge in [0.2, 0.25) is 3.79 Å². The van der Waals surface area contributed by atoms with E-state index in [1.54, 1.807) is 55.5 Å². The molecule has 0 radical (unpaired) electrons. The van der Waals surface area contributed by atoms with E-state index < -0.39 is 21.8 Å². The summed E-state index contributed by atoms with van der Waals surface area (Å²) in [6.07, 6.45) is -1.11. The van der Waals surface area contributed by atoms with Gasteiger partial charge in [-0.3, -0.25) is 4.79 Å². The van der Waals surface area contributed by atoms with Gasteiger partial charge in [-0.15, -0.1) is 0 Å². The summed E-state index contributed by atoms with van der Waals surface area (Å²) in [7, 11) is 0. The van der Waals surface area contributed by atoms with E-state index in [2.05, 4.69) is 31.9 Å². The van der Waals surface area contributed by atoms with Crippen molar-refractivity contribution < 1.29 is 14.3 Å². The summed E-state index contributed by atoms with van der Waals surface area (Å²) < 4.78 is 3.88. The maximum atomic E-state index is 12.5. The van der Waals surface area contributed by atoms with Gasteiger partial charge in [0.05, 0.1) is 12.2 Å². The van der Waals surface area contributed by atoms with E-state index in [1.165, 1.54) is 0 Å². The highest BCUT2D eigenvalue weighted by atomic mass is 79.9. The molecule has 3 N–H and O–H groups in total. The molecule has 0 aliphatic carbocycles. The zero-order chi connectivity index (χ0) is 22.3. The van der Waals surface area contributed by atoms with Crippen LogP contribution in [0.3, 0.4) is 0 Å². The third-order valence-electron chi connectivity index (χ3n) is 3.64. The third kappa shape index (κ3) is 7.59. The fourth-order valence-electron chi connectivity index (χ4n) is 2.22. The zero-order valence-corrected chi connectivity index (χ0v) is 20.2. The molecule has 160 valence electrons. The highest BCUT2D eigenvalue weighted by Gasteiger charge is 2.34. The number of amides is 1. The van der Waals surface area contributed by atoms with Crippen LogP contribution in [-0.2, 0) is 4.74 Å². The largest absolute Gasteiger partial charge is 0.462 e. The van der Waals surface area contributed by atoms with Crippen molar-refractivity contribution in [2.75, 3.05) is 11.9 Å². The Hall–Kier alpha value is -1.58. The maximum absolute atomic E-state index is 12.5. The molecule has 0 heterocycles. The molecule has 0 spiro atoms. The second-order valence-corrected chi connectivity index (χ2v) is 9.54. The number of nitrogens with one attached hydrogen (secondary N) is 3. The number of carbonyl (C=O) groups is 2. The maximum Gasteiger partial charge on any atom is 0.338 e. The summed E-state index contributed by atoms with van der Waals surface area (Å²) >= 11 is 26.5. The lowest BCUT2D eigenvalue weighted by molar-refractivity contribution is 0.0526. The van der Waals surface area contributed by atoms with Crippen molar-refractivity contribution in [2.24, 2.45) is 0 Å². The molecule has 0 saturated heterocycles. The van der Waals surface area contributed by atoms with Crippen LogP contribution in [0.15, 0.2) is 53.0 Å². The van der Waals surface area contributed by atoms with Crippen LogP contribution < -0.4 is 16.0 Å². The Labute approximate surface area is 202 Å². The first-order valence-electron chi connectivity index (χ1n) is 8.58. The van der Waals surface area contributed by atoms with Crippen LogP contribution in [0.2, 0.25) is 0 Å². The fraction of sp³-hybridized carbons (Fsp3) is 0.211. The van der Waals surface area contributed by atoms with Gasteiger partial charge in [-0.2, -0.15) is 0 Å². The van der Waals surface area contributed by atoms with Gasteiger partial charge >= 0.3 is 5.97 Å². The minimum absolute atomic E-state index is 0.103. The molecule has 30 heavy (non-hydrogen) atoms. The minimum atomic E-state index is -1.88. The van der Waals surface area contributed by atoms with E-state index in [1.807, 2.05) is 0 Å². The highest BCUT2D eigenvalue weighted by Crippen LogP contribution is 2.29. The Morgan fingerprint density at radius 3 is 2.13 bits per heavy atom. The molecule has 0 unspecified atom stereocenters. The molecule has 0 aliphatic heterocycles. The molecule has 11 heteroatoms. The van der Waals surface area contributed by atoms with Crippen LogP contribution in [0.25, 0.3) is 0 Å². The molecule has 1 amide bonds. The first-order valence-corrected chi connectivity index (χ1v) is 10.9. The van der Waals surface area contributed by atoms with Crippen LogP contribution in [0.5, 0.6) is 0 Å². The van der Waals surface area contributed by atoms with Gasteiger partial charge in [0, 0.05) is 15.7 Å². The number of esters is 1. The summed E-state index contributed by atoms with van der Waals surface area (Å²) in [5.74, 6) is -0.871. The molecule has 2 aromatic carbocycles. The minimum Gasteiger partial charge on any atom is -0.462 e.